The first-order chi connectivity index (χ1) is 6.20. The van der Waals surface area contributed by atoms with Gasteiger partial charge in [0.1, 0.15) is 0 Å². The van der Waals surface area contributed by atoms with Crippen LogP contribution in [-0.4, -0.2) is 24.9 Å². The topological polar surface area (TPSA) is 29.5 Å². The predicted molar refractivity (Wildman–Crippen MR) is 55.8 cm³/mol. The summed E-state index contributed by atoms with van der Waals surface area (Å²) in [7, 11) is 0. The van der Waals surface area contributed by atoms with Crippen molar-refractivity contribution in [2.45, 2.75) is 40.0 Å². The molecule has 2 heteroatoms. The molecule has 0 aromatic carbocycles. The van der Waals surface area contributed by atoms with Crippen molar-refractivity contribution in [3.05, 3.63) is 0 Å². The first-order valence-electron chi connectivity index (χ1n) is 5.39. The number of hydrogen-bond acceptors (Lipinski definition) is 2. The Morgan fingerprint density at radius 1 is 1.23 bits per heavy atom. The summed E-state index contributed by atoms with van der Waals surface area (Å²) in [6.45, 7) is 8.43. The highest BCUT2D eigenvalue weighted by Crippen LogP contribution is 2.14. The van der Waals surface area contributed by atoms with Gasteiger partial charge in [0.15, 0.2) is 0 Å². The van der Waals surface area contributed by atoms with Crippen molar-refractivity contribution in [2.75, 3.05) is 19.8 Å². The lowest BCUT2D eigenvalue weighted by atomic mass is 9.95. The molecule has 0 bridgehead atoms. The summed E-state index contributed by atoms with van der Waals surface area (Å²) in [6.07, 6.45) is 3.18. The van der Waals surface area contributed by atoms with E-state index in [1.807, 2.05) is 0 Å². The third-order valence-electron chi connectivity index (χ3n) is 2.08. The number of rotatable bonds is 8. The molecule has 13 heavy (non-hydrogen) atoms. The first kappa shape index (κ1) is 12.9. The standard InChI is InChI=1S/C11H24O2/c1-4-6-13-7-5-11(9-12)8-10(2)3/h10-12H,4-9H2,1-3H3. The van der Waals surface area contributed by atoms with Crippen molar-refractivity contribution in [3.8, 4) is 0 Å². The molecule has 0 aromatic rings. The summed E-state index contributed by atoms with van der Waals surface area (Å²) < 4.78 is 5.39. The molecule has 1 atom stereocenters. The van der Waals surface area contributed by atoms with Crippen LogP contribution in [0, 0.1) is 11.8 Å². The van der Waals surface area contributed by atoms with Crippen LogP contribution in [0.1, 0.15) is 40.0 Å². The molecule has 0 aromatic heterocycles. The normalized spacial score (nSPS) is 13.6. The molecular formula is C11H24O2. The van der Waals surface area contributed by atoms with Gasteiger partial charge in [-0.3, -0.25) is 0 Å². The Labute approximate surface area is 82.3 Å². The summed E-state index contributed by atoms with van der Waals surface area (Å²) in [4.78, 5) is 0. The van der Waals surface area contributed by atoms with Crippen LogP contribution >= 0.6 is 0 Å². The number of aliphatic hydroxyl groups excluding tert-OH is 1. The molecule has 0 aliphatic rings. The Balaban J connectivity index is 3.36. The maximum atomic E-state index is 9.08. The van der Waals surface area contributed by atoms with Gasteiger partial charge < -0.3 is 9.84 Å². The lowest BCUT2D eigenvalue weighted by molar-refractivity contribution is 0.101. The van der Waals surface area contributed by atoms with E-state index >= 15 is 0 Å². The van der Waals surface area contributed by atoms with E-state index in [1.54, 1.807) is 0 Å². The Morgan fingerprint density at radius 3 is 2.38 bits per heavy atom. The third-order valence-corrected chi connectivity index (χ3v) is 2.08. The molecule has 0 spiro atoms. The lowest BCUT2D eigenvalue weighted by Crippen LogP contribution is -2.12. The van der Waals surface area contributed by atoms with Crippen LogP contribution in [-0.2, 0) is 4.74 Å². The van der Waals surface area contributed by atoms with Gasteiger partial charge in [0.2, 0.25) is 0 Å². The predicted octanol–water partition coefficient (Wildman–Crippen LogP) is 2.46. The van der Waals surface area contributed by atoms with E-state index in [2.05, 4.69) is 20.8 Å². The molecule has 0 heterocycles. The van der Waals surface area contributed by atoms with Gasteiger partial charge in [-0.05, 0) is 31.1 Å². The van der Waals surface area contributed by atoms with Crippen molar-refractivity contribution >= 4 is 0 Å². The number of ether oxygens (including phenoxy) is 1. The average Bonchev–Trinajstić information content (AvgIpc) is 2.09. The van der Waals surface area contributed by atoms with Crippen LogP contribution < -0.4 is 0 Å². The molecule has 0 saturated heterocycles. The van der Waals surface area contributed by atoms with Crippen molar-refractivity contribution in [3.63, 3.8) is 0 Å². The van der Waals surface area contributed by atoms with Crippen LogP contribution in [0.15, 0.2) is 0 Å². The zero-order valence-electron chi connectivity index (χ0n) is 9.25. The number of aliphatic hydroxyl groups is 1. The first-order valence-corrected chi connectivity index (χ1v) is 5.39. The van der Waals surface area contributed by atoms with Crippen LogP contribution in [0.3, 0.4) is 0 Å². The van der Waals surface area contributed by atoms with E-state index in [1.165, 1.54) is 0 Å². The van der Waals surface area contributed by atoms with E-state index < -0.39 is 0 Å². The second-order valence-electron chi connectivity index (χ2n) is 4.08. The molecule has 80 valence electrons. The quantitative estimate of drug-likeness (QED) is 0.593. The molecule has 0 aliphatic carbocycles. The maximum Gasteiger partial charge on any atom is 0.0469 e. The zero-order valence-corrected chi connectivity index (χ0v) is 9.25. The minimum atomic E-state index is 0.299. The molecule has 0 amide bonds. The Morgan fingerprint density at radius 2 is 1.92 bits per heavy atom. The highest BCUT2D eigenvalue weighted by molar-refractivity contribution is 4.59. The lowest BCUT2D eigenvalue weighted by Gasteiger charge is -2.15. The molecule has 0 saturated carbocycles. The Kier molecular flexibility index (Phi) is 8.46. The highest BCUT2D eigenvalue weighted by Gasteiger charge is 2.09. The fourth-order valence-electron chi connectivity index (χ4n) is 1.45. The van der Waals surface area contributed by atoms with Crippen molar-refractivity contribution in [1.29, 1.82) is 0 Å². The van der Waals surface area contributed by atoms with E-state index in [0.29, 0.717) is 18.4 Å². The summed E-state index contributed by atoms with van der Waals surface area (Å²) in [6, 6.07) is 0. The Hall–Kier alpha value is -0.0800. The van der Waals surface area contributed by atoms with E-state index in [-0.39, 0.29) is 0 Å². The molecule has 0 rings (SSSR count). The smallest absolute Gasteiger partial charge is 0.0469 e. The fraction of sp³-hybridized carbons (Fsp3) is 1.00. The average molecular weight is 188 g/mol. The minimum Gasteiger partial charge on any atom is -0.396 e. The van der Waals surface area contributed by atoms with Crippen molar-refractivity contribution in [2.24, 2.45) is 11.8 Å². The molecule has 1 N–H and O–H groups in total. The maximum absolute atomic E-state index is 9.08. The van der Waals surface area contributed by atoms with Gasteiger partial charge in [0.25, 0.3) is 0 Å². The summed E-state index contributed by atoms with van der Waals surface area (Å²) >= 11 is 0. The zero-order chi connectivity index (χ0) is 10.1. The Bertz CT molecular complexity index is 102. The van der Waals surface area contributed by atoms with Crippen molar-refractivity contribution < 1.29 is 9.84 Å². The van der Waals surface area contributed by atoms with Gasteiger partial charge in [-0.25, -0.2) is 0 Å². The van der Waals surface area contributed by atoms with Crippen LogP contribution in [0.25, 0.3) is 0 Å². The monoisotopic (exact) mass is 188 g/mol. The second kappa shape index (κ2) is 8.52. The molecule has 1 unspecified atom stereocenters. The minimum absolute atomic E-state index is 0.299. The summed E-state index contributed by atoms with van der Waals surface area (Å²) in [5.41, 5.74) is 0. The molecular weight excluding hydrogens is 164 g/mol. The largest absolute Gasteiger partial charge is 0.396 e. The SMILES string of the molecule is CCCOCCC(CO)CC(C)C. The summed E-state index contributed by atoms with van der Waals surface area (Å²) in [5, 5.41) is 9.08. The number of hydrogen-bond donors (Lipinski definition) is 1. The second-order valence-corrected chi connectivity index (χ2v) is 4.08. The van der Waals surface area contributed by atoms with E-state index in [4.69, 9.17) is 9.84 Å². The van der Waals surface area contributed by atoms with Crippen LogP contribution in [0.4, 0.5) is 0 Å². The van der Waals surface area contributed by atoms with E-state index in [9.17, 15) is 0 Å². The summed E-state index contributed by atoms with van der Waals surface area (Å²) in [5.74, 6) is 1.10. The highest BCUT2D eigenvalue weighted by atomic mass is 16.5. The van der Waals surface area contributed by atoms with Gasteiger partial charge in [-0.1, -0.05) is 20.8 Å². The van der Waals surface area contributed by atoms with Gasteiger partial charge >= 0.3 is 0 Å². The van der Waals surface area contributed by atoms with E-state index in [0.717, 1.165) is 32.5 Å². The van der Waals surface area contributed by atoms with Crippen LogP contribution in [0.5, 0.6) is 0 Å². The van der Waals surface area contributed by atoms with Crippen molar-refractivity contribution in [1.82, 2.24) is 0 Å². The molecule has 0 radical (unpaired) electrons. The van der Waals surface area contributed by atoms with Gasteiger partial charge in [-0.15, -0.1) is 0 Å². The van der Waals surface area contributed by atoms with Gasteiger partial charge in [0, 0.05) is 19.8 Å². The van der Waals surface area contributed by atoms with Gasteiger partial charge in [0.05, 0.1) is 0 Å². The molecule has 0 aliphatic heterocycles. The fourth-order valence-corrected chi connectivity index (χ4v) is 1.45. The van der Waals surface area contributed by atoms with Gasteiger partial charge in [-0.2, -0.15) is 0 Å². The molecule has 0 fully saturated rings. The van der Waals surface area contributed by atoms with Crippen LogP contribution in [0.2, 0.25) is 0 Å². The third kappa shape index (κ3) is 8.26. The molecule has 2 nitrogen and oxygen atoms in total.